The maximum absolute atomic E-state index is 13.1. The largest absolute Gasteiger partial charge is 0.480 e. The molecule has 0 bridgehead atoms. The van der Waals surface area contributed by atoms with Gasteiger partial charge in [0.15, 0.2) is 0 Å². The van der Waals surface area contributed by atoms with Crippen LogP contribution in [0.4, 0.5) is 18.0 Å². The van der Waals surface area contributed by atoms with Gasteiger partial charge in [0.05, 0.1) is 21.0 Å². The van der Waals surface area contributed by atoms with E-state index in [9.17, 15) is 36.3 Å². The minimum absolute atomic E-state index is 0.0364. The zero-order valence-electron chi connectivity index (χ0n) is 21.0. The highest BCUT2D eigenvalue weighted by atomic mass is 35.5. The van der Waals surface area contributed by atoms with Crippen molar-refractivity contribution in [1.29, 1.82) is 0 Å². The minimum Gasteiger partial charge on any atom is -0.480 e. The first-order chi connectivity index (χ1) is 17.9. The lowest BCUT2D eigenvalue weighted by Crippen LogP contribution is -2.42. The first-order valence-electron chi connectivity index (χ1n) is 11.0. The number of carbonyl (C=O) groups is 2. The van der Waals surface area contributed by atoms with Crippen molar-refractivity contribution in [2.75, 3.05) is 6.54 Å². The molecule has 3 rings (SSSR count). The number of alkyl halides is 3. The third-order valence-corrected chi connectivity index (χ3v) is 7.99. The Morgan fingerprint density at radius 1 is 1.23 bits per heavy atom. The highest BCUT2D eigenvalue weighted by Crippen LogP contribution is 2.40. The summed E-state index contributed by atoms with van der Waals surface area (Å²) >= 11 is 7.00. The molecule has 3 aromatic rings. The van der Waals surface area contributed by atoms with Gasteiger partial charge in [0.25, 0.3) is 10.0 Å². The molecule has 0 aliphatic heterocycles. The molecule has 0 aliphatic rings. The van der Waals surface area contributed by atoms with Crippen LogP contribution in [0, 0.1) is 0 Å². The Morgan fingerprint density at radius 2 is 1.87 bits per heavy atom. The second-order valence-corrected chi connectivity index (χ2v) is 12.3. The molecule has 39 heavy (non-hydrogen) atoms. The summed E-state index contributed by atoms with van der Waals surface area (Å²) in [5.41, 5.74) is -1.16. The SMILES string of the molecule is Cn1c(Sc2ncc(C(F)(F)F)cc2Cl)c(/C=C/S(=O)(=O)N(CC(=O)O)C(=O)OC(C)(C)C)c2ccccc21. The summed E-state index contributed by atoms with van der Waals surface area (Å²) in [5, 5.41) is 10.6. The quantitative estimate of drug-likeness (QED) is 0.347. The van der Waals surface area contributed by atoms with E-state index in [1.54, 1.807) is 35.9 Å². The highest BCUT2D eigenvalue weighted by Gasteiger charge is 2.33. The number of benzene rings is 1. The van der Waals surface area contributed by atoms with Crippen LogP contribution in [0.5, 0.6) is 0 Å². The smallest absolute Gasteiger partial charge is 0.424 e. The number of para-hydroxylation sites is 1. The molecule has 9 nitrogen and oxygen atoms in total. The van der Waals surface area contributed by atoms with Gasteiger partial charge in [-0.3, -0.25) is 4.79 Å². The molecule has 1 amide bonds. The van der Waals surface area contributed by atoms with Crippen LogP contribution in [-0.4, -0.2) is 51.6 Å². The van der Waals surface area contributed by atoms with Gasteiger partial charge in [0, 0.05) is 29.7 Å². The maximum Gasteiger partial charge on any atom is 0.424 e. The molecule has 2 heterocycles. The number of nitrogens with zero attached hydrogens (tertiary/aromatic N) is 3. The molecular formula is C24H23ClF3N3O6S2. The maximum atomic E-state index is 13.1. The van der Waals surface area contributed by atoms with E-state index in [-0.39, 0.29) is 14.4 Å². The van der Waals surface area contributed by atoms with E-state index in [0.29, 0.717) is 33.1 Å². The number of amides is 1. The molecule has 0 spiro atoms. The van der Waals surface area contributed by atoms with Gasteiger partial charge >= 0.3 is 18.2 Å². The molecule has 0 atom stereocenters. The number of hydrogen-bond acceptors (Lipinski definition) is 7. The van der Waals surface area contributed by atoms with Crippen LogP contribution >= 0.6 is 23.4 Å². The van der Waals surface area contributed by atoms with Gasteiger partial charge in [-0.25, -0.2) is 18.2 Å². The highest BCUT2D eigenvalue weighted by molar-refractivity contribution is 7.99. The number of carbonyl (C=O) groups excluding carboxylic acids is 1. The predicted molar refractivity (Wildman–Crippen MR) is 140 cm³/mol. The molecule has 0 aliphatic carbocycles. The average Bonchev–Trinajstić information content (AvgIpc) is 3.06. The number of aromatic nitrogens is 2. The second kappa shape index (κ2) is 11.1. The summed E-state index contributed by atoms with van der Waals surface area (Å²) in [6.45, 7) is 3.30. The van der Waals surface area contributed by atoms with E-state index in [2.05, 4.69) is 4.98 Å². The lowest BCUT2D eigenvalue weighted by molar-refractivity contribution is -0.138. The number of ether oxygens (including phenoxy) is 1. The van der Waals surface area contributed by atoms with Crippen molar-refractivity contribution < 1.29 is 41.0 Å². The van der Waals surface area contributed by atoms with E-state index in [1.165, 1.54) is 20.8 Å². The van der Waals surface area contributed by atoms with E-state index in [1.807, 2.05) is 0 Å². The van der Waals surface area contributed by atoms with Crippen LogP contribution in [0.15, 0.2) is 52.0 Å². The van der Waals surface area contributed by atoms with Gasteiger partial charge in [0.2, 0.25) is 0 Å². The van der Waals surface area contributed by atoms with Gasteiger partial charge in [-0.2, -0.15) is 17.5 Å². The lowest BCUT2D eigenvalue weighted by Gasteiger charge is -2.25. The van der Waals surface area contributed by atoms with Crippen LogP contribution in [-0.2, 0) is 32.8 Å². The number of aryl methyl sites for hydroxylation is 1. The number of carboxylic acid groups (broad SMARTS) is 1. The van der Waals surface area contributed by atoms with E-state index in [4.69, 9.17) is 16.3 Å². The molecule has 1 N–H and O–H groups in total. The molecule has 0 unspecified atom stereocenters. The van der Waals surface area contributed by atoms with E-state index in [0.717, 1.165) is 23.9 Å². The average molecular weight is 606 g/mol. The monoisotopic (exact) mass is 605 g/mol. The van der Waals surface area contributed by atoms with E-state index >= 15 is 0 Å². The fraction of sp³-hybridized carbons (Fsp3) is 0.292. The van der Waals surface area contributed by atoms with Crippen LogP contribution in [0.25, 0.3) is 17.0 Å². The number of aliphatic carboxylic acids is 1. The fourth-order valence-corrected chi connectivity index (χ4v) is 5.59. The number of sulfonamides is 1. The Morgan fingerprint density at radius 3 is 2.44 bits per heavy atom. The van der Waals surface area contributed by atoms with Gasteiger partial charge in [-0.05, 0) is 50.7 Å². The molecule has 15 heteroatoms. The summed E-state index contributed by atoms with van der Waals surface area (Å²) in [6, 6.07) is 7.61. The number of rotatable bonds is 7. The first kappa shape index (κ1) is 30.3. The normalized spacial score (nSPS) is 12.7. The number of pyridine rings is 1. The summed E-state index contributed by atoms with van der Waals surface area (Å²) in [4.78, 5) is 27.7. The van der Waals surface area contributed by atoms with Crippen LogP contribution < -0.4 is 0 Å². The zero-order valence-corrected chi connectivity index (χ0v) is 23.4. The molecule has 0 saturated heterocycles. The molecule has 0 saturated carbocycles. The van der Waals surface area contributed by atoms with Crippen molar-refractivity contribution >= 4 is 62.4 Å². The third-order valence-electron chi connectivity index (χ3n) is 5.01. The Hall–Kier alpha value is -3.23. The number of carboxylic acids is 1. The van der Waals surface area contributed by atoms with Crippen LogP contribution in [0.2, 0.25) is 5.02 Å². The Kier molecular flexibility index (Phi) is 8.63. The number of hydrogen-bond donors (Lipinski definition) is 1. The Balaban J connectivity index is 2.09. The van der Waals surface area contributed by atoms with Crippen molar-refractivity contribution in [2.24, 2.45) is 7.05 Å². The summed E-state index contributed by atoms with van der Waals surface area (Å²) in [6.07, 6.45) is -4.21. The lowest BCUT2D eigenvalue weighted by atomic mass is 10.2. The van der Waals surface area contributed by atoms with Crippen molar-refractivity contribution in [3.63, 3.8) is 0 Å². The summed E-state index contributed by atoms with van der Waals surface area (Å²) < 4.78 is 72.1. The molecule has 0 radical (unpaired) electrons. The molecule has 0 fully saturated rings. The van der Waals surface area contributed by atoms with Gasteiger partial charge in [0.1, 0.15) is 17.2 Å². The number of fused-ring (bicyclic) bond motifs is 1. The molecule has 1 aromatic carbocycles. The van der Waals surface area contributed by atoms with Crippen LogP contribution in [0.3, 0.4) is 0 Å². The van der Waals surface area contributed by atoms with Crippen LogP contribution in [0.1, 0.15) is 31.9 Å². The van der Waals surface area contributed by atoms with E-state index < -0.39 is 46.0 Å². The van der Waals surface area contributed by atoms with Gasteiger partial charge in [-0.15, -0.1) is 0 Å². The summed E-state index contributed by atoms with van der Waals surface area (Å²) in [5.74, 6) is -1.58. The second-order valence-electron chi connectivity index (χ2n) is 9.13. The Bertz CT molecular complexity index is 1560. The number of halogens is 4. The minimum atomic E-state index is -4.65. The third kappa shape index (κ3) is 7.25. The van der Waals surface area contributed by atoms with Gasteiger partial charge < -0.3 is 14.4 Å². The summed E-state index contributed by atoms with van der Waals surface area (Å²) in [7, 11) is -3.00. The predicted octanol–water partition coefficient (Wildman–Crippen LogP) is 6.02. The fourth-order valence-electron chi connectivity index (χ4n) is 3.35. The van der Waals surface area contributed by atoms with Crippen molar-refractivity contribution in [3.05, 3.63) is 58.1 Å². The molecule has 210 valence electrons. The van der Waals surface area contributed by atoms with Gasteiger partial charge in [-0.1, -0.05) is 29.8 Å². The molecular weight excluding hydrogens is 583 g/mol. The first-order valence-corrected chi connectivity index (χ1v) is 13.7. The van der Waals surface area contributed by atoms with Crippen molar-refractivity contribution in [1.82, 2.24) is 13.9 Å². The topological polar surface area (TPSA) is 119 Å². The Labute approximate surface area is 231 Å². The van der Waals surface area contributed by atoms with Crippen molar-refractivity contribution in [2.45, 2.75) is 42.6 Å². The molecule has 2 aromatic heterocycles. The van der Waals surface area contributed by atoms with Crippen molar-refractivity contribution in [3.8, 4) is 0 Å². The zero-order chi connectivity index (χ0) is 29.3. The standard InChI is InChI=1S/C24H23ClF3N3O6S2/c1-23(2,3)37-22(34)31(13-19(32)33)39(35,36)10-9-16-15-7-5-6-8-18(15)30(4)21(16)38-20-17(25)11-14(12-29-20)24(26,27)28/h5-12H,13H2,1-4H3,(H,32,33)/b10-9+.